The molecule has 0 aliphatic carbocycles. The number of hydrogen-bond acceptors (Lipinski definition) is 4. The fraction of sp³-hybridized carbons (Fsp3) is 0.214. The zero-order chi connectivity index (χ0) is 23.0. The van der Waals surface area contributed by atoms with Crippen LogP contribution in [-0.2, 0) is 6.42 Å². The molecule has 33 heavy (non-hydrogen) atoms. The highest BCUT2D eigenvalue weighted by Gasteiger charge is 2.15. The predicted octanol–water partition coefficient (Wildman–Crippen LogP) is 6.13. The van der Waals surface area contributed by atoms with Crippen molar-refractivity contribution in [2.75, 3.05) is 11.9 Å². The number of nitrogens with one attached hydrogen (secondary N) is 2. The van der Waals surface area contributed by atoms with Gasteiger partial charge < -0.3 is 15.4 Å². The van der Waals surface area contributed by atoms with E-state index in [2.05, 4.69) is 22.8 Å². The quantitative estimate of drug-likeness (QED) is 0.329. The summed E-state index contributed by atoms with van der Waals surface area (Å²) in [6.45, 7) is 4.63. The minimum absolute atomic E-state index is 0.0483. The number of fused-ring (bicyclic) bond motifs is 1. The van der Waals surface area contributed by atoms with Crippen molar-refractivity contribution in [3.63, 3.8) is 0 Å². The summed E-state index contributed by atoms with van der Waals surface area (Å²) in [6, 6.07) is 27.6. The molecule has 0 radical (unpaired) electrons. The number of rotatable bonds is 9. The maximum absolute atomic E-state index is 13.2. The second-order valence-electron chi connectivity index (χ2n) is 8.05. The maximum atomic E-state index is 13.2. The Morgan fingerprint density at radius 1 is 0.970 bits per heavy atom. The summed E-state index contributed by atoms with van der Waals surface area (Å²) in [6.07, 6.45) is 1.79. The lowest BCUT2D eigenvalue weighted by atomic mass is 10.0. The van der Waals surface area contributed by atoms with E-state index in [1.165, 1.54) is 5.56 Å². The van der Waals surface area contributed by atoms with E-state index in [0.29, 0.717) is 18.0 Å². The summed E-state index contributed by atoms with van der Waals surface area (Å²) in [4.78, 5) is 17.9. The molecule has 1 heterocycles. The third kappa shape index (κ3) is 5.89. The van der Waals surface area contributed by atoms with Crippen LogP contribution in [0.25, 0.3) is 10.9 Å². The van der Waals surface area contributed by atoms with Crippen LogP contribution in [0.15, 0.2) is 84.9 Å². The van der Waals surface area contributed by atoms with Crippen molar-refractivity contribution in [3.8, 4) is 5.75 Å². The molecule has 0 spiro atoms. The monoisotopic (exact) mass is 439 g/mol. The van der Waals surface area contributed by atoms with Gasteiger partial charge in [-0.1, -0.05) is 48.5 Å². The van der Waals surface area contributed by atoms with Crippen LogP contribution in [-0.4, -0.2) is 23.5 Å². The van der Waals surface area contributed by atoms with Gasteiger partial charge in [0.05, 0.1) is 17.7 Å². The highest BCUT2D eigenvalue weighted by atomic mass is 16.5. The second-order valence-corrected chi connectivity index (χ2v) is 8.05. The number of para-hydroxylation sites is 1. The van der Waals surface area contributed by atoms with Gasteiger partial charge in [0.2, 0.25) is 0 Å². The van der Waals surface area contributed by atoms with Crippen LogP contribution in [0.3, 0.4) is 0 Å². The highest BCUT2D eigenvalue weighted by Crippen LogP contribution is 2.24. The number of ether oxygens (including phenoxy) is 1. The summed E-state index contributed by atoms with van der Waals surface area (Å²) in [7, 11) is 0. The topological polar surface area (TPSA) is 63.2 Å². The molecule has 0 saturated heterocycles. The van der Waals surface area contributed by atoms with Gasteiger partial charge in [0.1, 0.15) is 11.6 Å². The molecule has 0 saturated carbocycles. The van der Waals surface area contributed by atoms with E-state index in [1.807, 2.05) is 86.6 Å². The van der Waals surface area contributed by atoms with E-state index in [4.69, 9.17) is 9.72 Å². The fourth-order valence-corrected chi connectivity index (χ4v) is 3.78. The van der Waals surface area contributed by atoms with Gasteiger partial charge in [-0.05, 0) is 68.7 Å². The molecule has 3 aromatic carbocycles. The SMILES string of the molecule is CCOc1ccc(Nc2cc(C(=O)NC(C)CCc3ccccc3)c3ccccc3n2)cc1. The Labute approximate surface area is 194 Å². The standard InChI is InChI=1S/C28H29N3O2/c1-3-33-23-17-15-22(16-18-23)30-27-19-25(24-11-7-8-12-26(24)31-27)28(32)29-20(2)13-14-21-9-5-4-6-10-21/h4-12,15-20H,3,13-14H2,1-2H3,(H,29,32)(H,30,31). The molecule has 5 nitrogen and oxygen atoms in total. The molecule has 0 bridgehead atoms. The normalized spacial score (nSPS) is 11.7. The van der Waals surface area contributed by atoms with Crippen molar-refractivity contribution in [2.24, 2.45) is 0 Å². The number of anilines is 2. The Bertz CT molecular complexity index is 1210. The summed E-state index contributed by atoms with van der Waals surface area (Å²) >= 11 is 0. The first-order chi connectivity index (χ1) is 16.1. The van der Waals surface area contributed by atoms with Crippen molar-refractivity contribution in [1.82, 2.24) is 10.3 Å². The maximum Gasteiger partial charge on any atom is 0.252 e. The molecular weight excluding hydrogens is 410 g/mol. The number of nitrogens with zero attached hydrogens (tertiary/aromatic N) is 1. The van der Waals surface area contributed by atoms with E-state index in [-0.39, 0.29) is 11.9 Å². The Morgan fingerprint density at radius 2 is 1.70 bits per heavy atom. The molecule has 2 N–H and O–H groups in total. The van der Waals surface area contributed by atoms with Crippen LogP contribution >= 0.6 is 0 Å². The number of carbonyl (C=O) groups is 1. The Hall–Kier alpha value is -3.86. The van der Waals surface area contributed by atoms with Crippen LogP contribution in [0.2, 0.25) is 0 Å². The molecule has 1 amide bonds. The van der Waals surface area contributed by atoms with Crippen LogP contribution in [0.5, 0.6) is 5.75 Å². The molecule has 168 valence electrons. The summed E-state index contributed by atoms with van der Waals surface area (Å²) in [5.41, 5.74) is 3.54. The van der Waals surface area contributed by atoms with Gasteiger partial charge in [0.25, 0.3) is 5.91 Å². The number of aromatic nitrogens is 1. The van der Waals surface area contributed by atoms with Gasteiger partial charge in [-0.3, -0.25) is 4.79 Å². The summed E-state index contributed by atoms with van der Waals surface area (Å²) in [5, 5.41) is 7.31. The van der Waals surface area contributed by atoms with E-state index >= 15 is 0 Å². The first kappa shape index (κ1) is 22.3. The molecule has 5 heteroatoms. The molecule has 4 aromatic rings. The predicted molar refractivity (Wildman–Crippen MR) is 134 cm³/mol. The zero-order valence-corrected chi connectivity index (χ0v) is 19.0. The van der Waals surface area contributed by atoms with Crippen LogP contribution in [0, 0.1) is 0 Å². The average Bonchev–Trinajstić information content (AvgIpc) is 2.84. The summed E-state index contributed by atoms with van der Waals surface area (Å²) < 4.78 is 5.51. The molecule has 4 rings (SSSR count). The van der Waals surface area contributed by atoms with Crippen molar-refractivity contribution < 1.29 is 9.53 Å². The number of amides is 1. The van der Waals surface area contributed by atoms with Gasteiger partial charge >= 0.3 is 0 Å². The van der Waals surface area contributed by atoms with Gasteiger partial charge in [0.15, 0.2) is 0 Å². The van der Waals surface area contributed by atoms with Crippen molar-refractivity contribution in [1.29, 1.82) is 0 Å². The lowest BCUT2D eigenvalue weighted by Crippen LogP contribution is -2.33. The summed E-state index contributed by atoms with van der Waals surface area (Å²) in [5.74, 6) is 1.35. The third-order valence-corrected chi connectivity index (χ3v) is 5.48. The Balaban J connectivity index is 1.51. The Morgan fingerprint density at radius 3 is 2.45 bits per heavy atom. The first-order valence-corrected chi connectivity index (χ1v) is 11.4. The number of benzene rings is 3. The minimum atomic E-state index is -0.0936. The Kier molecular flexibility index (Phi) is 7.20. The van der Waals surface area contributed by atoms with E-state index < -0.39 is 0 Å². The van der Waals surface area contributed by atoms with Gasteiger partial charge in [0, 0.05) is 17.1 Å². The second kappa shape index (κ2) is 10.6. The molecular formula is C28H29N3O2. The van der Waals surface area contributed by atoms with Gasteiger partial charge in [-0.15, -0.1) is 0 Å². The van der Waals surface area contributed by atoms with Gasteiger partial charge in [-0.25, -0.2) is 4.98 Å². The fourth-order valence-electron chi connectivity index (χ4n) is 3.78. The van der Waals surface area contributed by atoms with Crippen LogP contribution < -0.4 is 15.4 Å². The third-order valence-electron chi connectivity index (χ3n) is 5.48. The molecule has 1 unspecified atom stereocenters. The lowest BCUT2D eigenvalue weighted by Gasteiger charge is -2.16. The van der Waals surface area contributed by atoms with Crippen LogP contribution in [0.4, 0.5) is 11.5 Å². The number of carbonyl (C=O) groups excluding carboxylic acids is 1. The molecule has 0 fully saturated rings. The lowest BCUT2D eigenvalue weighted by molar-refractivity contribution is 0.0940. The van der Waals surface area contributed by atoms with Crippen molar-refractivity contribution in [3.05, 3.63) is 96.1 Å². The minimum Gasteiger partial charge on any atom is -0.494 e. The smallest absolute Gasteiger partial charge is 0.252 e. The number of hydrogen-bond donors (Lipinski definition) is 2. The first-order valence-electron chi connectivity index (χ1n) is 11.4. The number of aryl methyl sites for hydroxylation is 1. The van der Waals surface area contributed by atoms with E-state index in [0.717, 1.165) is 35.2 Å². The van der Waals surface area contributed by atoms with Gasteiger partial charge in [-0.2, -0.15) is 0 Å². The van der Waals surface area contributed by atoms with Crippen LogP contribution in [0.1, 0.15) is 36.2 Å². The van der Waals surface area contributed by atoms with Crippen molar-refractivity contribution in [2.45, 2.75) is 32.7 Å². The highest BCUT2D eigenvalue weighted by molar-refractivity contribution is 6.07. The van der Waals surface area contributed by atoms with Crippen molar-refractivity contribution >= 4 is 28.3 Å². The molecule has 0 aliphatic heterocycles. The van der Waals surface area contributed by atoms with E-state index in [9.17, 15) is 4.79 Å². The molecule has 0 aliphatic rings. The largest absolute Gasteiger partial charge is 0.494 e. The van der Waals surface area contributed by atoms with E-state index in [1.54, 1.807) is 0 Å². The average molecular weight is 440 g/mol. The number of pyridine rings is 1. The molecule has 1 aromatic heterocycles. The zero-order valence-electron chi connectivity index (χ0n) is 19.0. The molecule has 1 atom stereocenters.